The van der Waals surface area contributed by atoms with Crippen molar-refractivity contribution < 1.29 is 14.3 Å². The van der Waals surface area contributed by atoms with Crippen LogP contribution in [-0.4, -0.2) is 24.5 Å². The number of rotatable bonds is 6. The SMILES string of the molecule is CCOC(=O)C(Cc1ccccc1)NC(=O)c1ccc(I)cc1. The molecule has 1 atom stereocenters. The van der Waals surface area contributed by atoms with Crippen molar-refractivity contribution in [3.63, 3.8) is 0 Å². The van der Waals surface area contributed by atoms with Crippen LogP contribution in [0.1, 0.15) is 22.8 Å². The Balaban J connectivity index is 2.11. The van der Waals surface area contributed by atoms with E-state index in [0.29, 0.717) is 12.0 Å². The van der Waals surface area contributed by atoms with Gasteiger partial charge in [0.15, 0.2) is 0 Å². The van der Waals surface area contributed by atoms with E-state index in [2.05, 4.69) is 27.9 Å². The fourth-order valence-corrected chi connectivity index (χ4v) is 2.49. The topological polar surface area (TPSA) is 55.4 Å². The van der Waals surface area contributed by atoms with Gasteiger partial charge in [-0.25, -0.2) is 4.79 Å². The minimum atomic E-state index is -0.705. The maximum Gasteiger partial charge on any atom is 0.328 e. The van der Waals surface area contributed by atoms with E-state index in [9.17, 15) is 9.59 Å². The maximum atomic E-state index is 12.3. The Hall–Kier alpha value is -1.89. The molecule has 23 heavy (non-hydrogen) atoms. The van der Waals surface area contributed by atoms with Crippen molar-refractivity contribution in [1.29, 1.82) is 0 Å². The third kappa shape index (κ3) is 5.35. The van der Waals surface area contributed by atoms with Gasteiger partial charge in [-0.1, -0.05) is 30.3 Å². The van der Waals surface area contributed by atoms with Gasteiger partial charge >= 0.3 is 5.97 Å². The van der Waals surface area contributed by atoms with E-state index in [0.717, 1.165) is 9.13 Å². The molecule has 0 aromatic heterocycles. The molecule has 0 bridgehead atoms. The van der Waals surface area contributed by atoms with Gasteiger partial charge < -0.3 is 10.1 Å². The summed E-state index contributed by atoms with van der Waals surface area (Å²) in [6.07, 6.45) is 0.399. The number of amides is 1. The minimum absolute atomic E-state index is 0.281. The van der Waals surface area contributed by atoms with Gasteiger partial charge in [0.1, 0.15) is 6.04 Å². The lowest BCUT2D eigenvalue weighted by atomic mass is 10.1. The fourth-order valence-electron chi connectivity index (χ4n) is 2.13. The van der Waals surface area contributed by atoms with E-state index in [-0.39, 0.29) is 12.5 Å². The van der Waals surface area contributed by atoms with Crippen LogP contribution in [0, 0.1) is 3.57 Å². The zero-order valence-corrected chi connectivity index (χ0v) is 14.9. The average molecular weight is 423 g/mol. The maximum absolute atomic E-state index is 12.3. The molecule has 1 N–H and O–H groups in total. The average Bonchev–Trinajstić information content (AvgIpc) is 2.56. The molecule has 0 saturated carbocycles. The first kappa shape index (κ1) is 17.5. The predicted molar refractivity (Wildman–Crippen MR) is 97.2 cm³/mol. The molecule has 2 aromatic rings. The van der Waals surface area contributed by atoms with Crippen LogP contribution in [0.4, 0.5) is 0 Å². The highest BCUT2D eigenvalue weighted by molar-refractivity contribution is 14.1. The molecule has 2 aromatic carbocycles. The summed E-state index contributed by atoms with van der Waals surface area (Å²) in [7, 11) is 0. The zero-order valence-electron chi connectivity index (χ0n) is 12.8. The van der Waals surface area contributed by atoms with E-state index in [1.807, 2.05) is 42.5 Å². The summed E-state index contributed by atoms with van der Waals surface area (Å²) >= 11 is 2.18. The monoisotopic (exact) mass is 423 g/mol. The van der Waals surface area contributed by atoms with E-state index in [4.69, 9.17) is 4.74 Å². The first-order valence-corrected chi connectivity index (χ1v) is 8.45. The molecule has 2 rings (SSSR count). The van der Waals surface area contributed by atoms with Crippen molar-refractivity contribution in [2.75, 3.05) is 6.61 Å². The summed E-state index contributed by atoms with van der Waals surface area (Å²) < 4.78 is 6.12. The third-order valence-electron chi connectivity index (χ3n) is 3.27. The third-order valence-corrected chi connectivity index (χ3v) is 3.98. The Morgan fingerprint density at radius 2 is 1.74 bits per heavy atom. The highest BCUT2D eigenvalue weighted by atomic mass is 127. The molecule has 4 nitrogen and oxygen atoms in total. The summed E-state index contributed by atoms with van der Waals surface area (Å²) in [5, 5.41) is 2.77. The lowest BCUT2D eigenvalue weighted by Crippen LogP contribution is -2.43. The number of ether oxygens (including phenoxy) is 1. The van der Waals surface area contributed by atoms with Crippen LogP contribution in [0.15, 0.2) is 54.6 Å². The van der Waals surface area contributed by atoms with E-state index < -0.39 is 12.0 Å². The van der Waals surface area contributed by atoms with Crippen LogP contribution in [0.2, 0.25) is 0 Å². The van der Waals surface area contributed by atoms with Crippen LogP contribution < -0.4 is 5.32 Å². The quantitative estimate of drug-likeness (QED) is 0.574. The Kier molecular flexibility index (Phi) is 6.58. The predicted octanol–water partition coefficient (Wildman–Crippen LogP) is 3.20. The summed E-state index contributed by atoms with van der Waals surface area (Å²) in [4.78, 5) is 24.5. The number of hydrogen-bond donors (Lipinski definition) is 1. The Morgan fingerprint density at radius 1 is 1.09 bits per heavy atom. The van der Waals surface area contributed by atoms with Gasteiger partial charge in [-0.15, -0.1) is 0 Å². The smallest absolute Gasteiger partial charge is 0.328 e. The Labute approximate surface area is 149 Å². The van der Waals surface area contributed by atoms with Gasteiger partial charge in [-0.2, -0.15) is 0 Å². The first-order valence-electron chi connectivity index (χ1n) is 7.37. The van der Waals surface area contributed by atoms with Crippen LogP contribution >= 0.6 is 22.6 Å². The molecule has 0 aliphatic rings. The van der Waals surface area contributed by atoms with Crippen molar-refractivity contribution >= 4 is 34.5 Å². The molecular weight excluding hydrogens is 405 g/mol. The molecule has 120 valence electrons. The lowest BCUT2D eigenvalue weighted by Gasteiger charge is -2.17. The molecule has 5 heteroatoms. The van der Waals surface area contributed by atoms with Crippen molar-refractivity contribution in [2.45, 2.75) is 19.4 Å². The van der Waals surface area contributed by atoms with Crippen molar-refractivity contribution in [3.8, 4) is 0 Å². The van der Waals surface area contributed by atoms with Crippen LogP contribution in [0.5, 0.6) is 0 Å². The minimum Gasteiger partial charge on any atom is -0.464 e. The largest absolute Gasteiger partial charge is 0.464 e. The van der Waals surface area contributed by atoms with Crippen LogP contribution in [0.25, 0.3) is 0 Å². The van der Waals surface area contributed by atoms with E-state index in [1.54, 1.807) is 19.1 Å². The molecule has 1 amide bonds. The molecule has 0 fully saturated rings. The van der Waals surface area contributed by atoms with Crippen LogP contribution in [0.3, 0.4) is 0 Å². The molecule has 0 heterocycles. The molecule has 0 radical (unpaired) electrons. The summed E-state index contributed by atoms with van der Waals surface area (Å²) in [6.45, 7) is 2.03. The van der Waals surface area contributed by atoms with Crippen LogP contribution in [-0.2, 0) is 16.0 Å². The van der Waals surface area contributed by atoms with Gasteiger partial charge in [0, 0.05) is 15.6 Å². The van der Waals surface area contributed by atoms with Gasteiger partial charge in [0.25, 0.3) is 5.91 Å². The lowest BCUT2D eigenvalue weighted by molar-refractivity contribution is -0.145. The van der Waals surface area contributed by atoms with Gasteiger partial charge in [-0.05, 0) is 59.3 Å². The van der Waals surface area contributed by atoms with Gasteiger partial charge in [0.05, 0.1) is 6.61 Å². The van der Waals surface area contributed by atoms with E-state index in [1.165, 1.54) is 0 Å². The number of hydrogen-bond acceptors (Lipinski definition) is 3. The van der Waals surface area contributed by atoms with E-state index >= 15 is 0 Å². The standard InChI is InChI=1S/C18H18INO3/c1-2-23-18(22)16(12-13-6-4-3-5-7-13)20-17(21)14-8-10-15(19)11-9-14/h3-11,16H,2,12H2,1H3,(H,20,21). The molecule has 1 unspecified atom stereocenters. The summed E-state index contributed by atoms with van der Waals surface area (Å²) in [5.74, 6) is -0.703. The second-order valence-corrected chi connectivity index (χ2v) is 6.22. The van der Waals surface area contributed by atoms with Gasteiger partial charge in [-0.3, -0.25) is 4.79 Å². The second kappa shape index (κ2) is 8.67. The number of carbonyl (C=O) groups is 2. The number of carbonyl (C=O) groups excluding carboxylic acids is 2. The molecule has 0 aliphatic carbocycles. The Bertz CT molecular complexity index is 656. The molecule has 0 aliphatic heterocycles. The fraction of sp³-hybridized carbons (Fsp3) is 0.222. The van der Waals surface area contributed by atoms with Gasteiger partial charge in [0.2, 0.25) is 0 Å². The first-order chi connectivity index (χ1) is 11.1. The number of benzene rings is 2. The van der Waals surface area contributed by atoms with Crippen molar-refractivity contribution in [2.24, 2.45) is 0 Å². The van der Waals surface area contributed by atoms with Crippen molar-refractivity contribution in [3.05, 3.63) is 69.3 Å². The Morgan fingerprint density at radius 3 is 2.35 bits per heavy atom. The summed E-state index contributed by atoms with van der Waals surface area (Å²) in [6, 6.07) is 16.0. The number of nitrogens with one attached hydrogen (secondary N) is 1. The van der Waals surface area contributed by atoms with Crippen molar-refractivity contribution in [1.82, 2.24) is 5.32 Å². The normalized spacial score (nSPS) is 11.6. The molecule has 0 saturated heterocycles. The molecule has 0 spiro atoms. The zero-order chi connectivity index (χ0) is 16.7. The summed E-state index contributed by atoms with van der Waals surface area (Å²) in [5.41, 5.74) is 1.49. The molecular formula is C18H18INO3. The highest BCUT2D eigenvalue weighted by Crippen LogP contribution is 2.09. The number of esters is 1. The highest BCUT2D eigenvalue weighted by Gasteiger charge is 2.23. The second-order valence-electron chi connectivity index (χ2n) is 4.97. The number of halogens is 1.